The van der Waals surface area contributed by atoms with Gasteiger partial charge in [0.2, 0.25) is 10.9 Å². The molecule has 1 aromatic carbocycles. The lowest BCUT2D eigenvalue weighted by atomic mass is 10.2. The van der Waals surface area contributed by atoms with Crippen LogP contribution in [0.25, 0.3) is 0 Å². The molecule has 0 aliphatic carbocycles. The number of rotatable bonds is 6. The minimum Gasteiger partial charge on any atom is -0.450 e. The summed E-state index contributed by atoms with van der Waals surface area (Å²) in [5.74, 6) is -1.57. The molecule has 1 fully saturated rings. The quantitative estimate of drug-likeness (QED) is 0.689. The molecule has 28 heavy (non-hydrogen) atoms. The van der Waals surface area contributed by atoms with E-state index in [0.29, 0.717) is 13.1 Å². The maximum Gasteiger partial charge on any atom is 0.374 e. The third-order valence-corrected chi connectivity index (χ3v) is 5.14. The summed E-state index contributed by atoms with van der Waals surface area (Å²) in [5.41, 5.74) is 1.22. The van der Waals surface area contributed by atoms with E-state index in [1.54, 1.807) is 4.90 Å². The summed E-state index contributed by atoms with van der Waals surface area (Å²) in [6, 6.07) is 12.3. The Balaban J connectivity index is 1.44. The lowest BCUT2D eigenvalue weighted by Gasteiger charge is -2.34. The average Bonchev–Trinajstić information content (AvgIpc) is 3.18. The van der Waals surface area contributed by atoms with Crippen LogP contribution in [0.1, 0.15) is 16.1 Å². The number of sulfonamides is 1. The Morgan fingerprint density at radius 1 is 1.04 bits per heavy atom. The van der Waals surface area contributed by atoms with Crippen molar-refractivity contribution in [2.24, 2.45) is 5.14 Å². The minimum absolute atomic E-state index is 0.314. The number of hydrogen-bond acceptors (Lipinski definition) is 7. The van der Waals surface area contributed by atoms with Crippen molar-refractivity contribution < 1.29 is 27.2 Å². The van der Waals surface area contributed by atoms with Gasteiger partial charge >= 0.3 is 5.97 Å². The minimum atomic E-state index is -4.05. The van der Waals surface area contributed by atoms with Crippen LogP contribution < -0.4 is 5.14 Å². The van der Waals surface area contributed by atoms with Gasteiger partial charge in [-0.3, -0.25) is 9.69 Å². The number of nitrogens with zero attached hydrogens (tertiary/aromatic N) is 2. The summed E-state index contributed by atoms with van der Waals surface area (Å²) >= 11 is 0. The second kappa shape index (κ2) is 8.55. The van der Waals surface area contributed by atoms with E-state index in [0.717, 1.165) is 31.8 Å². The number of furan rings is 1. The molecule has 0 atom stereocenters. The number of ether oxygens (including phenoxy) is 1. The summed E-state index contributed by atoms with van der Waals surface area (Å²) in [5, 5.41) is 4.37. The Morgan fingerprint density at radius 3 is 2.32 bits per heavy atom. The van der Waals surface area contributed by atoms with Crippen molar-refractivity contribution in [3.63, 3.8) is 0 Å². The molecular formula is C18H21N3O6S. The Morgan fingerprint density at radius 2 is 1.71 bits per heavy atom. The van der Waals surface area contributed by atoms with E-state index in [4.69, 9.17) is 14.3 Å². The zero-order valence-corrected chi connectivity index (χ0v) is 15.9. The highest BCUT2D eigenvalue weighted by Crippen LogP contribution is 2.13. The van der Waals surface area contributed by atoms with Gasteiger partial charge in [-0.15, -0.1) is 0 Å². The first-order valence-corrected chi connectivity index (χ1v) is 10.2. The number of primary sulfonamides is 1. The second-order valence-corrected chi connectivity index (χ2v) is 7.87. The summed E-state index contributed by atoms with van der Waals surface area (Å²) in [6.45, 7) is 2.92. The number of benzene rings is 1. The summed E-state index contributed by atoms with van der Waals surface area (Å²) in [7, 11) is -4.05. The lowest BCUT2D eigenvalue weighted by Crippen LogP contribution is -2.49. The number of hydrogen-bond donors (Lipinski definition) is 1. The summed E-state index contributed by atoms with van der Waals surface area (Å²) in [6.07, 6.45) is 0. The molecule has 3 rings (SSSR count). The highest BCUT2D eigenvalue weighted by atomic mass is 32.2. The van der Waals surface area contributed by atoms with Gasteiger partial charge in [0.05, 0.1) is 0 Å². The van der Waals surface area contributed by atoms with Crippen molar-refractivity contribution in [3.8, 4) is 0 Å². The van der Waals surface area contributed by atoms with Gasteiger partial charge in [-0.2, -0.15) is 0 Å². The van der Waals surface area contributed by atoms with Crippen LogP contribution >= 0.6 is 0 Å². The number of carbonyl (C=O) groups is 2. The third-order valence-electron chi connectivity index (χ3n) is 4.36. The predicted molar refractivity (Wildman–Crippen MR) is 98.7 cm³/mol. The topological polar surface area (TPSA) is 123 Å². The molecule has 10 heteroatoms. The van der Waals surface area contributed by atoms with Gasteiger partial charge in [0.15, 0.2) is 6.61 Å². The Hall–Kier alpha value is -2.69. The van der Waals surface area contributed by atoms with Crippen molar-refractivity contribution >= 4 is 21.9 Å². The molecule has 1 amide bonds. The summed E-state index contributed by atoms with van der Waals surface area (Å²) < 4.78 is 32.1. The predicted octanol–water partition coefficient (Wildman–Crippen LogP) is 0.428. The lowest BCUT2D eigenvalue weighted by molar-refractivity contribution is -0.136. The van der Waals surface area contributed by atoms with Crippen LogP contribution in [0.15, 0.2) is 52.0 Å². The van der Waals surface area contributed by atoms with Crippen molar-refractivity contribution in [2.45, 2.75) is 11.6 Å². The van der Waals surface area contributed by atoms with E-state index in [9.17, 15) is 18.0 Å². The first-order valence-electron chi connectivity index (χ1n) is 8.67. The third kappa shape index (κ3) is 5.18. The fraction of sp³-hybridized carbons (Fsp3) is 0.333. The fourth-order valence-electron chi connectivity index (χ4n) is 2.87. The fourth-order valence-corrected chi connectivity index (χ4v) is 3.33. The smallest absolute Gasteiger partial charge is 0.374 e. The van der Waals surface area contributed by atoms with Gasteiger partial charge in [0.25, 0.3) is 15.9 Å². The maximum absolute atomic E-state index is 12.2. The Kier molecular flexibility index (Phi) is 6.12. The van der Waals surface area contributed by atoms with Crippen LogP contribution in [-0.2, 0) is 26.1 Å². The second-order valence-electron chi connectivity index (χ2n) is 6.38. The Bertz CT molecular complexity index is 933. The number of piperazine rings is 1. The normalized spacial score (nSPS) is 15.4. The SMILES string of the molecule is NS(=O)(=O)c1ccc(C(=O)OCC(=O)N2CCN(Cc3ccccc3)CC2)o1. The molecule has 2 heterocycles. The molecule has 150 valence electrons. The van der Waals surface area contributed by atoms with Crippen molar-refractivity contribution in [2.75, 3.05) is 32.8 Å². The zero-order chi connectivity index (χ0) is 20.1. The number of carbonyl (C=O) groups excluding carboxylic acids is 2. The molecule has 0 radical (unpaired) electrons. The molecular weight excluding hydrogens is 386 g/mol. The van der Waals surface area contributed by atoms with Gasteiger partial charge in [-0.1, -0.05) is 30.3 Å². The van der Waals surface area contributed by atoms with E-state index >= 15 is 0 Å². The standard InChI is InChI=1S/C18H21N3O6S/c19-28(24,25)17-7-6-15(27-17)18(23)26-13-16(22)21-10-8-20(9-11-21)12-14-4-2-1-3-5-14/h1-7H,8-13H2,(H2,19,24,25). The first-order chi connectivity index (χ1) is 13.3. The molecule has 1 saturated heterocycles. The maximum atomic E-state index is 12.2. The highest BCUT2D eigenvalue weighted by molar-refractivity contribution is 7.89. The first kappa shape index (κ1) is 20.1. The van der Waals surface area contributed by atoms with Crippen LogP contribution in [0.3, 0.4) is 0 Å². The van der Waals surface area contributed by atoms with Gasteiger partial charge < -0.3 is 14.1 Å². The summed E-state index contributed by atoms with van der Waals surface area (Å²) in [4.78, 5) is 28.0. The van der Waals surface area contributed by atoms with Crippen LogP contribution in [0.4, 0.5) is 0 Å². The molecule has 1 aliphatic heterocycles. The Labute approximate surface area is 162 Å². The van der Waals surface area contributed by atoms with Gasteiger partial charge in [0, 0.05) is 32.7 Å². The van der Waals surface area contributed by atoms with Gasteiger partial charge in [-0.25, -0.2) is 18.4 Å². The van der Waals surface area contributed by atoms with Crippen molar-refractivity contribution in [1.82, 2.24) is 9.80 Å². The van der Waals surface area contributed by atoms with E-state index in [1.807, 2.05) is 18.2 Å². The molecule has 0 bridgehead atoms. The van der Waals surface area contributed by atoms with Crippen molar-refractivity contribution in [3.05, 3.63) is 53.8 Å². The van der Waals surface area contributed by atoms with Gasteiger partial charge in [0.1, 0.15) is 0 Å². The number of esters is 1. The van der Waals surface area contributed by atoms with Crippen molar-refractivity contribution in [1.29, 1.82) is 0 Å². The molecule has 0 unspecified atom stereocenters. The monoisotopic (exact) mass is 407 g/mol. The van der Waals surface area contributed by atoms with E-state index in [-0.39, 0.29) is 11.7 Å². The highest BCUT2D eigenvalue weighted by Gasteiger charge is 2.23. The average molecular weight is 407 g/mol. The molecule has 1 aromatic heterocycles. The van der Waals surface area contributed by atoms with Crippen LogP contribution in [0.2, 0.25) is 0 Å². The molecule has 2 N–H and O–H groups in total. The number of nitrogens with two attached hydrogens (primary N) is 1. The van der Waals surface area contributed by atoms with Crippen LogP contribution in [-0.4, -0.2) is 62.9 Å². The molecule has 0 spiro atoms. The largest absolute Gasteiger partial charge is 0.450 e. The van der Waals surface area contributed by atoms with E-state index < -0.39 is 27.7 Å². The molecule has 0 saturated carbocycles. The van der Waals surface area contributed by atoms with E-state index in [2.05, 4.69) is 17.0 Å². The van der Waals surface area contributed by atoms with Crippen LogP contribution in [0.5, 0.6) is 0 Å². The van der Waals surface area contributed by atoms with E-state index in [1.165, 1.54) is 5.56 Å². The molecule has 9 nitrogen and oxygen atoms in total. The molecule has 1 aliphatic rings. The van der Waals surface area contributed by atoms with Crippen LogP contribution in [0, 0.1) is 0 Å². The molecule has 2 aromatic rings. The number of amides is 1. The van der Waals surface area contributed by atoms with Gasteiger partial charge in [-0.05, 0) is 17.7 Å². The zero-order valence-electron chi connectivity index (χ0n) is 15.1.